The van der Waals surface area contributed by atoms with Crippen LogP contribution in [-0.2, 0) is 16.2 Å². The molecule has 0 spiro atoms. The Kier molecular flexibility index (Phi) is 5.01. The highest BCUT2D eigenvalue weighted by atomic mass is 32.2. The first kappa shape index (κ1) is 19.0. The normalized spacial score (nSPS) is 14.5. The number of benzene rings is 2. The van der Waals surface area contributed by atoms with E-state index in [4.69, 9.17) is 4.74 Å². The van der Waals surface area contributed by atoms with Crippen molar-refractivity contribution in [2.24, 2.45) is 0 Å². The maximum Gasteiger partial charge on any atom is 0.419 e. The second kappa shape index (κ2) is 7.11. The standard InChI is InChI=1S/C19H16F3NO3S/c1-26-18-11-10-13(12-16(18)19(20,21)22)15-8-5-9-17(15)23-27(24,25)14-6-3-2-4-7-14/h2-4,6-12,23H,5H2,1H3. The second-order valence-electron chi connectivity index (χ2n) is 5.80. The van der Waals surface area contributed by atoms with Gasteiger partial charge in [-0.3, -0.25) is 4.72 Å². The molecule has 2 aromatic carbocycles. The molecule has 0 bridgehead atoms. The van der Waals surface area contributed by atoms with Crippen molar-refractivity contribution >= 4 is 15.6 Å². The van der Waals surface area contributed by atoms with Gasteiger partial charge in [0.25, 0.3) is 10.0 Å². The van der Waals surface area contributed by atoms with Crippen molar-refractivity contribution in [3.05, 3.63) is 77.5 Å². The number of sulfonamides is 1. The van der Waals surface area contributed by atoms with E-state index in [1.165, 1.54) is 31.4 Å². The zero-order valence-electron chi connectivity index (χ0n) is 14.2. The van der Waals surface area contributed by atoms with Gasteiger partial charge in [0.15, 0.2) is 0 Å². The minimum Gasteiger partial charge on any atom is -0.496 e. The van der Waals surface area contributed by atoms with Crippen molar-refractivity contribution in [1.82, 2.24) is 4.72 Å². The van der Waals surface area contributed by atoms with Crippen molar-refractivity contribution in [2.45, 2.75) is 17.5 Å². The third-order valence-corrected chi connectivity index (χ3v) is 5.43. The fourth-order valence-corrected chi connectivity index (χ4v) is 3.90. The van der Waals surface area contributed by atoms with E-state index in [0.717, 1.165) is 6.07 Å². The average Bonchev–Trinajstić information content (AvgIpc) is 3.08. The van der Waals surface area contributed by atoms with Crippen LogP contribution in [0.2, 0.25) is 0 Å². The number of rotatable bonds is 5. The average molecular weight is 395 g/mol. The van der Waals surface area contributed by atoms with Gasteiger partial charge in [0.2, 0.25) is 0 Å². The Morgan fingerprint density at radius 2 is 1.74 bits per heavy atom. The molecule has 1 aliphatic rings. The van der Waals surface area contributed by atoms with Gasteiger partial charge in [0.1, 0.15) is 5.75 Å². The zero-order chi connectivity index (χ0) is 19.7. The molecule has 0 aromatic heterocycles. The van der Waals surface area contributed by atoms with Gasteiger partial charge in [-0.2, -0.15) is 13.2 Å². The molecule has 1 N–H and O–H groups in total. The van der Waals surface area contributed by atoms with Crippen LogP contribution in [0.4, 0.5) is 13.2 Å². The Morgan fingerprint density at radius 1 is 1.04 bits per heavy atom. The van der Waals surface area contributed by atoms with Gasteiger partial charge in [-0.25, -0.2) is 8.42 Å². The van der Waals surface area contributed by atoms with E-state index in [1.54, 1.807) is 30.4 Å². The Bertz CT molecular complexity index is 1010. The molecule has 2 aromatic rings. The number of hydrogen-bond donors (Lipinski definition) is 1. The summed E-state index contributed by atoms with van der Waals surface area (Å²) in [5.74, 6) is -0.291. The molecule has 0 saturated carbocycles. The van der Waals surface area contributed by atoms with Crippen molar-refractivity contribution in [3.63, 3.8) is 0 Å². The van der Waals surface area contributed by atoms with Crippen molar-refractivity contribution in [1.29, 1.82) is 0 Å². The highest BCUT2D eigenvalue weighted by Gasteiger charge is 2.35. The largest absolute Gasteiger partial charge is 0.496 e. The van der Waals surface area contributed by atoms with Crippen LogP contribution < -0.4 is 9.46 Å². The molecule has 27 heavy (non-hydrogen) atoms. The number of methoxy groups -OCH3 is 1. The topological polar surface area (TPSA) is 55.4 Å². The monoisotopic (exact) mass is 395 g/mol. The number of allylic oxidation sites excluding steroid dienone is 3. The van der Waals surface area contributed by atoms with Crippen molar-refractivity contribution in [3.8, 4) is 5.75 Å². The molecule has 0 amide bonds. The van der Waals surface area contributed by atoms with E-state index in [1.807, 2.05) is 0 Å². The highest BCUT2D eigenvalue weighted by Crippen LogP contribution is 2.39. The maximum atomic E-state index is 13.3. The first-order valence-corrected chi connectivity index (χ1v) is 9.45. The summed E-state index contributed by atoms with van der Waals surface area (Å²) < 4.78 is 72.1. The molecular formula is C19H16F3NO3S. The SMILES string of the molecule is COc1ccc(C2=CCC=C2NS(=O)(=O)c2ccccc2)cc1C(F)(F)F. The van der Waals surface area contributed by atoms with Gasteiger partial charge >= 0.3 is 6.18 Å². The van der Waals surface area contributed by atoms with E-state index < -0.39 is 21.8 Å². The van der Waals surface area contributed by atoms with Crippen LogP contribution in [0.1, 0.15) is 17.5 Å². The summed E-state index contributed by atoms with van der Waals surface area (Å²) in [6.45, 7) is 0. The van der Waals surface area contributed by atoms with Crippen LogP contribution in [0.15, 0.2) is 71.3 Å². The summed E-state index contributed by atoms with van der Waals surface area (Å²) in [7, 11) is -2.68. The van der Waals surface area contributed by atoms with E-state index in [9.17, 15) is 21.6 Å². The Morgan fingerprint density at radius 3 is 2.37 bits per heavy atom. The van der Waals surface area contributed by atoms with Gasteiger partial charge < -0.3 is 4.74 Å². The van der Waals surface area contributed by atoms with Crippen molar-refractivity contribution in [2.75, 3.05) is 7.11 Å². The molecule has 0 fully saturated rings. The second-order valence-corrected chi connectivity index (χ2v) is 7.49. The van der Waals surface area contributed by atoms with Crippen LogP contribution in [0, 0.1) is 0 Å². The number of hydrogen-bond acceptors (Lipinski definition) is 3. The lowest BCUT2D eigenvalue weighted by molar-refractivity contribution is -0.138. The number of ether oxygens (including phenoxy) is 1. The molecular weight excluding hydrogens is 379 g/mol. The quantitative estimate of drug-likeness (QED) is 0.818. The fraction of sp³-hybridized carbons (Fsp3) is 0.158. The van der Waals surface area contributed by atoms with Crippen LogP contribution in [0.5, 0.6) is 5.75 Å². The van der Waals surface area contributed by atoms with Gasteiger partial charge in [-0.15, -0.1) is 0 Å². The third-order valence-electron chi connectivity index (χ3n) is 4.05. The van der Waals surface area contributed by atoms with E-state index >= 15 is 0 Å². The summed E-state index contributed by atoms with van der Waals surface area (Å²) >= 11 is 0. The number of halogens is 3. The maximum absolute atomic E-state index is 13.3. The first-order valence-electron chi connectivity index (χ1n) is 7.96. The van der Waals surface area contributed by atoms with Gasteiger partial charge in [-0.05, 0) is 36.2 Å². The predicted octanol–water partition coefficient (Wildman–Crippen LogP) is 4.36. The lowest BCUT2D eigenvalue weighted by Crippen LogP contribution is -2.23. The van der Waals surface area contributed by atoms with Crippen molar-refractivity contribution < 1.29 is 26.3 Å². The summed E-state index contributed by atoms with van der Waals surface area (Å²) in [5, 5.41) is 0. The third kappa shape index (κ3) is 4.00. The fourth-order valence-electron chi connectivity index (χ4n) is 2.78. The highest BCUT2D eigenvalue weighted by molar-refractivity contribution is 7.89. The number of alkyl halides is 3. The molecule has 8 heteroatoms. The molecule has 0 radical (unpaired) electrons. The summed E-state index contributed by atoms with van der Waals surface area (Å²) in [4.78, 5) is 0.0721. The first-order chi connectivity index (χ1) is 12.7. The molecule has 0 unspecified atom stereocenters. The smallest absolute Gasteiger partial charge is 0.419 e. The molecule has 0 saturated heterocycles. The van der Waals surface area contributed by atoms with Crippen LogP contribution >= 0.6 is 0 Å². The molecule has 0 heterocycles. The molecule has 0 atom stereocenters. The molecule has 3 rings (SSSR count). The lowest BCUT2D eigenvalue weighted by Gasteiger charge is -2.16. The minimum absolute atomic E-state index is 0.0721. The van der Waals surface area contributed by atoms with Crippen LogP contribution in [0.3, 0.4) is 0 Å². The Hall–Kier alpha value is -2.74. The van der Waals surface area contributed by atoms with Crippen LogP contribution in [-0.4, -0.2) is 15.5 Å². The molecule has 4 nitrogen and oxygen atoms in total. The number of nitrogens with one attached hydrogen (secondary N) is 1. The molecule has 0 aliphatic heterocycles. The van der Waals surface area contributed by atoms with E-state index in [0.29, 0.717) is 12.0 Å². The zero-order valence-corrected chi connectivity index (χ0v) is 15.1. The predicted molar refractivity (Wildman–Crippen MR) is 95.4 cm³/mol. The molecule has 142 valence electrons. The van der Waals surface area contributed by atoms with E-state index in [2.05, 4.69) is 4.72 Å². The molecule has 1 aliphatic carbocycles. The Balaban J connectivity index is 1.94. The summed E-state index contributed by atoms with van der Waals surface area (Å²) in [6.07, 6.45) is -0.887. The minimum atomic E-state index is -4.59. The summed E-state index contributed by atoms with van der Waals surface area (Å²) in [5.41, 5.74) is -0.0250. The van der Waals surface area contributed by atoms with Gasteiger partial charge in [-0.1, -0.05) is 36.4 Å². The van der Waals surface area contributed by atoms with E-state index in [-0.39, 0.29) is 21.9 Å². The lowest BCUT2D eigenvalue weighted by atomic mass is 10.0. The van der Waals surface area contributed by atoms with Gasteiger partial charge in [0, 0.05) is 5.57 Å². The Labute approximate surface area is 155 Å². The van der Waals surface area contributed by atoms with Crippen LogP contribution in [0.25, 0.3) is 5.57 Å². The van der Waals surface area contributed by atoms with Gasteiger partial charge in [0.05, 0.1) is 23.3 Å². The summed E-state index contributed by atoms with van der Waals surface area (Å²) in [6, 6.07) is 11.4.